The minimum absolute atomic E-state index is 0.272. The Hall–Kier alpha value is -3.77. The number of rotatable bonds is 4. The van der Waals surface area contributed by atoms with Gasteiger partial charge in [0.1, 0.15) is 19.0 Å². The van der Waals surface area contributed by atoms with Crippen molar-refractivity contribution in [3.05, 3.63) is 77.3 Å². The summed E-state index contributed by atoms with van der Waals surface area (Å²) in [4.78, 5) is 18.0. The number of nitrogens with one attached hydrogen (secondary N) is 1. The summed E-state index contributed by atoms with van der Waals surface area (Å²) in [6.45, 7) is 1.01. The first-order valence-electron chi connectivity index (χ1n) is 10.1. The molecule has 1 aromatic heterocycles. The van der Waals surface area contributed by atoms with Crippen LogP contribution in [0, 0.1) is 0 Å². The molecule has 1 aliphatic heterocycles. The first kappa shape index (κ1) is 20.2. The maximum Gasteiger partial charge on any atom is 0.256 e. The molecule has 1 aliphatic rings. The molecule has 7 heteroatoms. The normalized spacial score (nSPS) is 12.4. The van der Waals surface area contributed by atoms with Gasteiger partial charge in [0.2, 0.25) is 0 Å². The molecule has 0 atom stereocenters. The average Bonchev–Trinajstić information content (AvgIpc) is 2.83. The third kappa shape index (κ3) is 3.81. The maximum atomic E-state index is 13.3. The smallest absolute Gasteiger partial charge is 0.256 e. The zero-order chi connectivity index (χ0) is 22.1. The highest BCUT2D eigenvalue weighted by Crippen LogP contribution is 2.36. The molecule has 0 saturated carbocycles. The summed E-state index contributed by atoms with van der Waals surface area (Å²) < 4.78 is 16.6. The van der Waals surface area contributed by atoms with E-state index in [1.807, 2.05) is 36.4 Å². The van der Waals surface area contributed by atoms with Crippen LogP contribution >= 0.6 is 11.6 Å². The van der Waals surface area contributed by atoms with Crippen LogP contribution in [0.1, 0.15) is 10.4 Å². The standard InChI is InChI=1S/C25H19ClN2O4/c1-30-17-5-2-4-16(13-17)27-25(29)19-14-21(28-24-18(19)6-3-7-20(24)26)15-8-9-22-23(12-15)32-11-10-31-22/h2-9,12-14H,10-11H2,1H3,(H,27,29). The van der Waals surface area contributed by atoms with E-state index in [1.54, 1.807) is 37.4 Å². The fourth-order valence-electron chi connectivity index (χ4n) is 3.65. The Labute approximate surface area is 189 Å². The second kappa shape index (κ2) is 8.40. The van der Waals surface area contributed by atoms with Gasteiger partial charge < -0.3 is 19.5 Å². The maximum absolute atomic E-state index is 13.3. The van der Waals surface area contributed by atoms with Crippen molar-refractivity contribution >= 4 is 34.1 Å². The summed E-state index contributed by atoms with van der Waals surface area (Å²) in [5.74, 6) is 1.72. The minimum Gasteiger partial charge on any atom is -0.497 e. The van der Waals surface area contributed by atoms with Gasteiger partial charge >= 0.3 is 0 Å². The van der Waals surface area contributed by atoms with E-state index in [2.05, 4.69) is 5.32 Å². The fraction of sp³-hybridized carbons (Fsp3) is 0.120. The van der Waals surface area contributed by atoms with Gasteiger partial charge in [0.05, 0.1) is 28.9 Å². The van der Waals surface area contributed by atoms with Crippen molar-refractivity contribution in [2.75, 3.05) is 25.6 Å². The van der Waals surface area contributed by atoms with E-state index < -0.39 is 0 Å². The van der Waals surface area contributed by atoms with Gasteiger partial charge in [-0.15, -0.1) is 0 Å². The number of halogens is 1. The predicted octanol–water partition coefficient (Wildman–Crippen LogP) is 5.59. The quantitative estimate of drug-likeness (QED) is 0.442. The third-order valence-electron chi connectivity index (χ3n) is 5.20. The van der Waals surface area contributed by atoms with Gasteiger partial charge in [0.25, 0.3) is 5.91 Å². The molecule has 2 heterocycles. The van der Waals surface area contributed by atoms with Crippen molar-refractivity contribution in [3.63, 3.8) is 0 Å². The Morgan fingerprint density at radius 3 is 2.66 bits per heavy atom. The molecule has 0 saturated heterocycles. The first-order chi connectivity index (χ1) is 15.6. The topological polar surface area (TPSA) is 69.7 Å². The predicted molar refractivity (Wildman–Crippen MR) is 124 cm³/mol. The van der Waals surface area contributed by atoms with Crippen molar-refractivity contribution in [3.8, 4) is 28.5 Å². The number of anilines is 1. The van der Waals surface area contributed by atoms with Gasteiger partial charge in [-0.1, -0.05) is 29.8 Å². The Bertz CT molecular complexity index is 1340. The summed E-state index contributed by atoms with van der Waals surface area (Å²) >= 11 is 6.45. The van der Waals surface area contributed by atoms with Crippen molar-refractivity contribution < 1.29 is 19.0 Å². The van der Waals surface area contributed by atoms with Crippen LogP contribution in [0.2, 0.25) is 5.02 Å². The summed E-state index contributed by atoms with van der Waals surface area (Å²) in [6.07, 6.45) is 0. The number of hydrogen-bond donors (Lipinski definition) is 1. The number of carbonyl (C=O) groups excluding carboxylic acids is 1. The molecule has 1 N–H and O–H groups in total. The van der Waals surface area contributed by atoms with Crippen molar-refractivity contribution in [2.24, 2.45) is 0 Å². The summed E-state index contributed by atoms with van der Waals surface area (Å²) in [6, 6.07) is 20.0. The van der Waals surface area contributed by atoms with E-state index in [9.17, 15) is 4.79 Å². The first-order valence-corrected chi connectivity index (χ1v) is 10.4. The van der Waals surface area contributed by atoms with Crippen LogP contribution in [0.5, 0.6) is 17.2 Å². The van der Waals surface area contributed by atoms with Crippen LogP contribution in [0.3, 0.4) is 0 Å². The molecule has 1 amide bonds. The zero-order valence-corrected chi connectivity index (χ0v) is 18.0. The van der Waals surface area contributed by atoms with E-state index in [1.165, 1.54) is 0 Å². The molecule has 6 nitrogen and oxygen atoms in total. The molecular weight excluding hydrogens is 428 g/mol. The van der Waals surface area contributed by atoms with Crippen LogP contribution in [-0.4, -0.2) is 31.2 Å². The molecule has 4 aromatic rings. The number of ether oxygens (including phenoxy) is 3. The largest absolute Gasteiger partial charge is 0.497 e. The number of aromatic nitrogens is 1. The Balaban J connectivity index is 1.60. The van der Waals surface area contributed by atoms with Gasteiger partial charge in [-0.05, 0) is 42.5 Å². The number of benzene rings is 3. The van der Waals surface area contributed by atoms with E-state index in [0.717, 1.165) is 5.56 Å². The number of amides is 1. The number of fused-ring (bicyclic) bond motifs is 2. The molecule has 0 spiro atoms. The zero-order valence-electron chi connectivity index (χ0n) is 17.2. The molecule has 3 aromatic carbocycles. The second-order valence-electron chi connectivity index (χ2n) is 7.24. The molecule has 32 heavy (non-hydrogen) atoms. The lowest BCUT2D eigenvalue weighted by Gasteiger charge is -2.19. The fourth-order valence-corrected chi connectivity index (χ4v) is 3.87. The average molecular weight is 447 g/mol. The van der Waals surface area contributed by atoms with E-state index in [0.29, 0.717) is 63.3 Å². The molecule has 0 bridgehead atoms. The number of pyridine rings is 1. The van der Waals surface area contributed by atoms with Gasteiger partial charge in [-0.2, -0.15) is 0 Å². The molecule has 5 rings (SSSR count). The number of carbonyl (C=O) groups is 1. The van der Waals surface area contributed by atoms with E-state index in [-0.39, 0.29) is 5.91 Å². The van der Waals surface area contributed by atoms with Crippen molar-refractivity contribution in [2.45, 2.75) is 0 Å². The number of nitrogens with zero attached hydrogens (tertiary/aromatic N) is 1. The van der Waals surface area contributed by atoms with E-state index >= 15 is 0 Å². The number of hydrogen-bond acceptors (Lipinski definition) is 5. The van der Waals surface area contributed by atoms with Crippen LogP contribution in [-0.2, 0) is 0 Å². The lowest BCUT2D eigenvalue weighted by atomic mass is 10.0. The Kier molecular flexibility index (Phi) is 5.29. The summed E-state index contributed by atoms with van der Waals surface area (Å²) in [5, 5.41) is 4.07. The Morgan fingerprint density at radius 1 is 1.00 bits per heavy atom. The van der Waals surface area contributed by atoms with Gasteiger partial charge in [0.15, 0.2) is 11.5 Å². The molecular formula is C25H19ClN2O4. The highest BCUT2D eigenvalue weighted by molar-refractivity contribution is 6.35. The van der Waals surface area contributed by atoms with Crippen molar-refractivity contribution in [1.82, 2.24) is 4.98 Å². The Morgan fingerprint density at radius 2 is 1.81 bits per heavy atom. The monoisotopic (exact) mass is 446 g/mol. The molecule has 160 valence electrons. The van der Waals surface area contributed by atoms with Crippen LogP contribution in [0.4, 0.5) is 5.69 Å². The van der Waals surface area contributed by atoms with Crippen LogP contribution < -0.4 is 19.5 Å². The van der Waals surface area contributed by atoms with Gasteiger partial charge in [-0.25, -0.2) is 4.98 Å². The lowest BCUT2D eigenvalue weighted by molar-refractivity contribution is 0.102. The third-order valence-corrected chi connectivity index (χ3v) is 5.51. The summed E-state index contributed by atoms with van der Waals surface area (Å²) in [7, 11) is 1.58. The SMILES string of the molecule is COc1cccc(NC(=O)c2cc(-c3ccc4c(c3)OCCO4)nc3c(Cl)cccc23)c1. The minimum atomic E-state index is -0.272. The van der Waals surface area contributed by atoms with Crippen LogP contribution in [0.25, 0.3) is 22.2 Å². The number of methoxy groups -OCH3 is 1. The molecule has 0 aliphatic carbocycles. The summed E-state index contributed by atoms with van der Waals surface area (Å²) in [5.41, 5.74) is 3.05. The van der Waals surface area contributed by atoms with Crippen LogP contribution in [0.15, 0.2) is 66.7 Å². The molecule has 0 fully saturated rings. The number of para-hydroxylation sites is 1. The molecule has 0 radical (unpaired) electrons. The van der Waals surface area contributed by atoms with E-state index in [4.69, 9.17) is 30.8 Å². The van der Waals surface area contributed by atoms with Crippen molar-refractivity contribution in [1.29, 1.82) is 0 Å². The second-order valence-corrected chi connectivity index (χ2v) is 7.64. The van der Waals surface area contributed by atoms with Gasteiger partial charge in [-0.3, -0.25) is 4.79 Å². The highest BCUT2D eigenvalue weighted by Gasteiger charge is 2.18. The van der Waals surface area contributed by atoms with Gasteiger partial charge in [0, 0.05) is 22.7 Å². The molecule has 0 unspecified atom stereocenters. The highest BCUT2D eigenvalue weighted by atomic mass is 35.5. The lowest BCUT2D eigenvalue weighted by Crippen LogP contribution is -2.15.